The summed E-state index contributed by atoms with van der Waals surface area (Å²) in [7, 11) is -3.45. The number of amides is 1. The standard InChI is InChI=1S/C6H3Cl.C5H9NO5S/c7-6-3-4-1-2-5(4)6;1-12(8,9)10-3-4-2-6-5(7)11-4/h1-3H;4H,2-3H2,1H3,(H,6,7). The van der Waals surface area contributed by atoms with E-state index in [1.807, 2.05) is 12.1 Å². The molecule has 0 saturated carbocycles. The molecule has 8 heteroatoms. The Kier molecular flexibility index (Phi) is 3.98. The Morgan fingerprint density at radius 2 is 2.26 bits per heavy atom. The van der Waals surface area contributed by atoms with Crippen LogP contribution in [0, 0.1) is 10.4 Å². The third kappa shape index (κ3) is 3.82. The summed E-state index contributed by atoms with van der Waals surface area (Å²) in [6, 6.07) is 6.05. The maximum absolute atomic E-state index is 10.5. The van der Waals surface area contributed by atoms with E-state index >= 15 is 0 Å². The second-order valence-electron chi connectivity index (χ2n) is 4.09. The number of benzene rings is 1. The van der Waals surface area contributed by atoms with E-state index in [2.05, 4.69) is 20.3 Å². The smallest absolute Gasteiger partial charge is 0.407 e. The SMILES string of the molecule is CS(=O)(=O)OCC1CNC(=O)O1.Clc1cc2ccc1=2. The van der Waals surface area contributed by atoms with Crippen LogP contribution in [0.5, 0.6) is 0 Å². The van der Waals surface area contributed by atoms with Crippen LogP contribution in [0.3, 0.4) is 0 Å². The number of hydrogen-bond donors (Lipinski definition) is 1. The maximum atomic E-state index is 10.5. The number of cyclic esters (lactones) is 1. The van der Waals surface area contributed by atoms with Crippen LogP contribution in [-0.2, 0) is 19.0 Å². The minimum absolute atomic E-state index is 0.127. The van der Waals surface area contributed by atoms with E-state index in [1.54, 1.807) is 0 Å². The Bertz CT molecular complexity index is 688. The molecule has 1 aliphatic heterocycles. The highest BCUT2D eigenvalue weighted by atomic mass is 35.5. The molecule has 3 rings (SSSR count). The number of ether oxygens (including phenoxy) is 1. The number of alkyl carbamates (subject to hydrolysis) is 1. The van der Waals surface area contributed by atoms with Crippen molar-refractivity contribution in [2.75, 3.05) is 19.4 Å². The van der Waals surface area contributed by atoms with Crippen molar-refractivity contribution in [2.24, 2.45) is 0 Å². The van der Waals surface area contributed by atoms with Crippen LogP contribution >= 0.6 is 11.6 Å². The molecular weight excluding hydrogens is 294 g/mol. The molecule has 1 unspecified atom stereocenters. The summed E-state index contributed by atoms with van der Waals surface area (Å²) in [5.74, 6) is 0. The van der Waals surface area contributed by atoms with Gasteiger partial charge in [-0.1, -0.05) is 23.7 Å². The van der Waals surface area contributed by atoms with Crippen LogP contribution < -0.4 is 5.32 Å². The van der Waals surface area contributed by atoms with Crippen molar-refractivity contribution < 1.29 is 22.1 Å². The highest BCUT2D eigenvalue weighted by Gasteiger charge is 2.23. The topological polar surface area (TPSA) is 81.7 Å². The van der Waals surface area contributed by atoms with Gasteiger partial charge in [0.05, 0.1) is 12.8 Å². The third-order valence-corrected chi connectivity index (χ3v) is 3.37. The van der Waals surface area contributed by atoms with E-state index in [-0.39, 0.29) is 13.2 Å². The molecule has 104 valence electrons. The van der Waals surface area contributed by atoms with Crippen molar-refractivity contribution >= 4 is 27.8 Å². The van der Waals surface area contributed by atoms with Gasteiger partial charge in [0.15, 0.2) is 0 Å². The van der Waals surface area contributed by atoms with E-state index in [0.29, 0.717) is 0 Å². The number of halogens is 1. The average molecular weight is 306 g/mol. The van der Waals surface area contributed by atoms with Gasteiger partial charge >= 0.3 is 6.09 Å². The second-order valence-corrected chi connectivity index (χ2v) is 6.14. The van der Waals surface area contributed by atoms with Gasteiger partial charge in [-0.05, 0) is 11.3 Å². The van der Waals surface area contributed by atoms with Crippen LogP contribution in [0.2, 0.25) is 5.02 Å². The van der Waals surface area contributed by atoms with Gasteiger partial charge in [-0.2, -0.15) is 8.42 Å². The van der Waals surface area contributed by atoms with Gasteiger partial charge in [0.2, 0.25) is 0 Å². The summed E-state index contributed by atoms with van der Waals surface area (Å²) in [5.41, 5.74) is 0. The zero-order valence-electron chi connectivity index (χ0n) is 10.1. The second kappa shape index (κ2) is 5.36. The number of carbonyl (C=O) groups is 1. The van der Waals surface area contributed by atoms with Crippen LogP contribution in [0.1, 0.15) is 0 Å². The quantitative estimate of drug-likeness (QED) is 0.856. The van der Waals surface area contributed by atoms with Crippen molar-refractivity contribution in [3.63, 3.8) is 0 Å². The van der Waals surface area contributed by atoms with Crippen LogP contribution in [0.15, 0.2) is 18.2 Å². The molecule has 1 heterocycles. The highest BCUT2D eigenvalue weighted by molar-refractivity contribution is 7.85. The fourth-order valence-corrected chi connectivity index (χ4v) is 2.16. The van der Waals surface area contributed by atoms with E-state index in [0.717, 1.165) is 11.3 Å². The fraction of sp³-hybridized carbons (Fsp3) is 0.364. The Morgan fingerprint density at radius 1 is 1.53 bits per heavy atom. The fourth-order valence-electron chi connectivity index (χ4n) is 1.47. The van der Waals surface area contributed by atoms with Gasteiger partial charge in [0, 0.05) is 10.2 Å². The molecule has 1 atom stereocenters. The Morgan fingerprint density at radius 3 is 2.53 bits per heavy atom. The van der Waals surface area contributed by atoms with Gasteiger partial charge in [-0.3, -0.25) is 4.18 Å². The van der Waals surface area contributed by atoms with Gasteiger partial charge in [-0.15, -0.1) is 0 Å². The monoisotopic (exact) mass is 305 g/mol. The van der Waals surface area contributed by atoms with Crippen LogP contribution in [-0.4, -0.2) is 40.0 Å². The molecule has 2 aliphatic carbocycles. The summed E-state index contributed by atoms with van der Waals surface area (Å²) in [6.07, 6.45) is -0.110. The molecule has 19 heavy (non-hydrogen) atoms. The first-order valence-corrected chi connectivity index (χ1v) is 7.63. The van der Waals surface area contributed by atoms with E-state index in [1.165, 1.54) is 10.4 Å². The van der Waals surface area contributed by atoms with Crippen molar-refractivity contribution in [3.8, 4) is 0 Å². The zero-order chi connectivity index (χ0) is 14.0. The number of carbonyl (C=O) groups excluding carboxylic acids is 1. The van der Waals surface area contributed by atoms with Crippen LogP contribution in [0.25, 0.3) is 0 Å². The van der Waals surface area contributed by atoms with Crippen molar-refractivity contribution in [3.05, 3.63) is 33.7 Å². The molecule has 0 aromatic carbocycles. The van der Waals surface area contributed by atoms with E-state index in [9.17, 15) is 13.2 Å². The number of hydrogen-bond acceptors (Lipinski definition) is 5. The summed E-state index contributed by atoms with van der Waals surface area (Å²) in [6.45, 7) is 0.159. The Hall–Kier alpha value is -1.31. The molecule has 1 fully saturated rings. The lowest BCUT2D eigenvalue weighted by Crippen LogP contribution is -2.22. The predicted molar refractivity (Wildman–Crippen MR) is 68.2 cm³/mol. The van der Waals surface area contributed by atoms with Crippen molar-refractivity contribution in [2.45, 2.75) is 6.10 Å². The van der Waals surface area contributed by atoms with Gasteiger partial charge in [-0.25, -0.2) is 4.79 Å². The molecule has 0 bridgehead atoms. The summed E-state index contributed by atoms with van der Waals surface area (Å²) < 4.78 is 30.0. The van der Waals surface area contributed by atoms with E-state index in [4.69, 9.17) is 11.6 Å². The van der Waals surface area contributed by atoms with Crippen molar-refractivity contribution in [1.29, 1.82) is 0 Å². The highest BCUT2D eigenvalue weighted by Crippen LogP contribution is 2.20. The molecule has 6 nitrogen and oxygen atoms in total. The normalized spacial score (nSPS) is 19.1. The molecule has 1 saturated heterocycles. The molecule has 3 aliphatic rings. The van der Waals surface area contributed by atoms with Crippen molar-refractivity contribution in [1.82, 2.24) is 5.32 Å². The first-order chi connectivity index (χ1) is 8.85. The predicted octanol–water partition coefficient (Wildman–Crippen LogP) is 1.01. The Balaban J connectivity index is 0.000000159. The molecule has 0 aromatic rings. The first kappa shape index (κ1) is 14.1. The largest absolute Gasteiger partial charge is 0.442 e. The number of rotatable bonds is 3. The molecule has 1 amide bonds. The first-order valence-electron chi connectivity index (χ1n) is 5.44. The summed E-state index contributed by atoms with van der Waals surface area (Å²) in [4.78, 5) is 10.4. The average Bonchev–Trinajstić information content (AvgIpc) is 2.69. The van der Waals surface area contributed by atoms with Gasteiger partial charge in [0.25, 0.3) is 10.1 Å². The zero-order valence-corrected chi connectivity index (χ0v) is 11.6. The minimum Gasteiger partial charge on any atom is -0.442 e. The summed E-state index contributed by atoms with van der Waals surface area (Å²) >= 11 is 5.60. The summed E-state index contributed by atoms with van der Waals surface area (Å²) in [5, 5.41) is 5.83. The number of nitrogens with one attached hydrogen (secondary N) is 1. The van der Waals surface area contributed by atoms with E-state index < -0.39 is 22.3 Å². The lowest BCUT2D eigenvalue weighted by atomic mass is 10.1. The minimum atomic E-state index is -3.45. The molecule has 0 spiro atoms. The van der Waals surface area contributed by atoms with Crippen LogP contribution in [0.4, 0.5) is 4.79 Å². The molecular formula is C11H12ClNO5S. The maximum Gasteiger partial charge on any atom is 0.407 e. The Labute approximate surface area is 115 Å². The lowest BCUT2D eigenvalue weighted by molar-refractivity contribution is 0.107. The van der Waals surface area contributed by atoms with Gasteiger partial charge < -0.3 is 10.1 Å². The van der Waals surface area contributed by atoms with Gasteiger partial charge in [0.1, 0.15) is 12.7 Å². The molecule has 1 N–H and O–H groups in total. The molecule has 0 radical (unpaired) electrons. The lowest BCUT2D eigenvalue weighted by Gasteiger charge is -2.05. The molecule has 0 aromatic heterocycles. The third-order valence-electron chi connectivity index (χ3n) is 2.50.